The summed E-state index contributed by atoms with van der Waals surface area (Å²) in [5, 5.41) is 32.1. The minimum Gasteiger partial charge on any atom is -0.264 e. The molecule has 1 aliphatic carbocycles. The summed E-state index contributed by atoms with van der Waals surface area (Å²) in [6.45, 7) is 1.46. The van der Waals surface area contributed by atoms with Crippen LogP contribution in [-0.4, -0.2) is 20.3 Å². The first kappa shape index (κ1) is 12.7. The zero-order valence-corrected chi connectivity index (χ0v) is 8.86. The van der Waals surface area contributed by atoms with E-state index in [4.69, 9.17) is 0 Å². The van der Waals surface area contributed by atoms with Crippen molar-refractivity contribution in [1.82, 2.24) is 0 Å². The van der Waals surface area contributed by atoms with E-state index < -0.39 is 38.1 Å². The lowest BCUT2D eigenvalue weighted by molar-refractivity contribution is -0.564. The number of allylic oxidation sites excluding steroid dienone is 1. The predicted octanol–water partition coefficient (Wildman–Crippen LogP) is 1.14. The van der Waals surface area contributed by atoms with Crippen molar-refractivity contribution in [3.8, 4) is 0 Å². The highest BCUT2D eigenvalue weighted by Gasteiger charge is 2.48. The average molecular weight is 243 g/mol. The van der Waals surface area contributed by atoms with Gasteiger partial charge in [0.15, 0.2) is 0 Å². The molecule has 1 atom stereocenters. The summed E-state index contributed by atoms with van der Waals surface area (Å²) >= 11 is 0. The van der Waals surface area contributed by atoms with Crippen molar-refractivity contribution >= 4 is 0 Å². The lowest BCUT2D eigenvalue weighted by Crippen LogP contribution is -2.39. The van der Waals surface area contributed by atoms with Gasteiger partial charge in [0.05, 0.1) is 22.0 Å². The quantitative estimate of drug-likeness (QED) is 0.537. The molecule has 0 aromatic rings. The van der Waals surface area contributed by atoms with E-state index in [9.17, 15) is 30.3 Å². The van der Waals surface area contributed by atoms with Gasteiger partial charge in [-0.25, -0.2) is 0 Å². The standard InChI is InChI=1S/C8H9N3O6/c1-2-8(11(16)17)4-6(9(12)13)3-7(5-8)10(14)15/h3-4H,2,5H2,1H3. The maximum Gasteiger partial charge on any atom is 0.279 e. The van der Waals surface area contributed by atoms with E-state index in [1.54, 1.807) is 0 Å². The number of hydrogen-bond donors (Lipinski definition) is 0. The SMILES string of the molecule is CCC1([N+](=O)[O-])C=C([N+](=O)[O-])C=C([N+](=O)[O-])C1. The molecule has 0 radical (unpaired) electrons. The maximum absolute atomic E-state index is 10.9. The summed E-state index contributed by atoms with van der Waals surface area (Å²) in [5.41, 5.74) is -2.89. The molecule has 0 aliphatic heterocycles. The second-order valence-electron chi connectivity index (χ2n) is 3.61. The molecular formula is C8H9N3O6. The fourth-order valence-electron chi connectivity index (χ4n) is 1.60. The van der Waals surface area contributed by atoms with Crippen LogP contribution < -0.4 is 0 Å². The second-order valence-corrected chi connectivity index (χ2v) is 3.61. The number of hydrogen-bond acceptors (Lipinski definition) is 6. The van der Waals surface area contributed by atoms with Crippen LogP contribution in [0.3, 0.4) is 0 Å². The lowest BCUT2D eigenvalue weighted by Gasteiger charge is -2.20. The average Bonchev–Trinajstić information content (AvgIpc) is 2.27. The third-order valence-electron chi connectivity index (χ3n) is 2.64. The zero-order chi connectivity index (χ0) is 13.2. The molecule has 0 fully saturated rings. The van der Waals surface area contributed by atoms with Crippen molar-refractivity contribution in [2.24, 2.45) is 0 Å². The molecule has 0 N–H and O–H groups in total. The Morgan fingerprint density at radius 3 is 2.18 bits per heavy atom. The summed E-state index contributed by atoms with van der Waals surface area (Å²) in [6, 6.07) is 0. The van der Waals surface area contributed by atoms with Crippen molar-refractivity contribution in [1.29, 1.82) is 0 Å². The Balaban J connectivity index is 3.32. The normalized spacial score (nSPS) is 23.6. The molecule has 92 valence electrons. The second kappa shape index (κ2) is 4.28. The minimum atomic E-state index is -1.76. The Morgan fingerprint density at radius 2 is 1.82 bits per heavy atom. The lowest BCUT2D eigenvalue weighted by atomic mass is 9.86. The van der Waals surface area contributed by atoms with Crippen LogP contribution >= 0.6 is 0 Å². The zero-order valence-electron chi connectivity index (χ0n) is 8.86. The molecule has 0 heterocycles. The van der Waals surface area contributed by atoms with Crippen molar-refractivity contribution in [3.63, 3.8) is 0 Å². The first-order valence-electron chi connectivity index (χ1n) is 4.69. The van der Waals surface area contributed by atoms with E-state index in [1.165, 1.54) is 6.92 Å². The van der Waals surface area contributed by atoms with Crippen LogP contribution in [0.5, 0.6) is 0 Å². The minimum absolute atomic E-state index is 0.0531. The van der Waals surface area contributed by atoms with Gasteiger partial charge in [0.2, 0.25) is 0 Å². The number of rotatable bonds is 4. The Bertz CT molecular complexity index is 454. The van der Waals surface area contributed by atoms with E-state index in [0.717, 1.165) is 12.2 Å². The summed E-state index contributed by atoms with van der Waals surface area (Å²) in [6.07, 6.45) is 1.14. The van der Waals surface area contributed by atoms with Gasteiger partial charge in [-0.2, -0.15) is 0 Å². The number of nitro groups is 3. The van der Waals surface area contributed by atoms with Crippen LogP contribution in [0, 0.1) is 30.3 Å². The van der Waals surface area contributed by atoms with E-state index in [2.05, 4.69) is 0 Å². The molecule has 0 spiro atoms. The molecule has 1 unspecified atom stereocenters. The van der Waals surface area contributed by atoms with Gasteiger partial charge in [-0.1, -0.05) is 6.92 Å². The van der Waals surface area contributed by atoms with Gasteiger partial charge in [0, 0.05) is 11.3 Å². The fraction of sp³-hybridized carbons (Fsp3) is 0.500. The smallest absolute Gasteiger partial charge is 0.264 e. The van der Waals surface area contributed by atoms with Gasteiger partial charge >= 0.3 is 0 Å². The molecule has 9 nitrogen and oxygen atoms in total. The Labute approximate surface area is 94.9 Å². The van der Waals surface area contributed by atoms with Crippen LogP contribution in [0.2, 0.25) is 0 Å². The van der Waals surface area contributed by atoms with Crippen LogP contribution in [0.25, 0.3) is 0 Å². The van der Waals surface area contributed by atoms with Crippen molar-refractivity contribution in [2.75, 3.05) is 0 Å². The van der Waals surface area contributed by atoms with E-state index in [-0.39, 0.29) is 6.42 Å². The Hall–Kier alpha value is -2.32. The molecule has 0 aromatic heterocycles. The van der Waals surface area contributed by atoms with Crippen LogP contribution in [0.1, 0.15) is 19.8 Å². The highest BCUT2D eigenvalue weighted by molar-refractivity contribution is 5.26. The summed E-state index contributed by atoms with van der Waals surface area (Å²) in [4.78, 5) is 29.7. The molecule has 17 heavy (non-hydrogen) atoms. The van der Waals surface area contributed by atoms with Gasteiger partial charge in [-0.15, -0.1) is 0 Å². The summed E-state index contributed by atoms with van der Waals surface area (Å²) in [7, 11) is 0. The Kier molecular flexibility index (Phi) is 3.21. The number of nitrogens with zero attached hydrogens (tertiary/aromatic N) is 3. The summed E-state index contributed by atoms with van der Waals surface area (Å²) < 4.78 is 0. The van der Waals surface area contributed by atoms with Gasteiger partial charge in [0.25, 0.3) is 16.9 Å². The third kappa shape index (κ3) is 2.27. The van der Waals surface area contributed by atoms with E-state index in [0.29, 0.717) is 0 Å². The van der Waals surface area contributed by atoms with Crippen molar-refractivity contribution < 1.29 is 14.8 Å². The molecule has 0 saturated heterocycles. The first-order valence-corrected chi connectivity index (χ1v) is 4.69. The molecule has 9 heteroatoms. The highest BCUT2D eigenvalue weighted by atomic mass is 16.6. The molecule has 1 rings (SSSR count). The molecule has 0 aromatic carbocycles. The molecule has 1 aliphatic rings. The molecule has 0 saturated carbocycles. The largest absolute Gasteiger partial charge is 0.279 e. The van der Waals surface area contributed by atoms with Gasteiger partial charge in [-0.05, 0) is 0 Å². The molecule has 0 bridgehead atoms. The monoisotopic (exact) mass is 243 g/mol. The van der Waals surface area contributed by atoms with E-state index >= 15 is 0 Å². The Morgan fingerprint density at radius 1 is 1.24 bits per heavy atom. The van der Waals surface area contributed by atoms with Crippen molar-refractivity contribution in [2.45, 2.75) is 25.3 Å². The van der Waals surface area contributed by atoms with E-state index in [1.807, 2.05) is 0 Å². The molecular weight excluding hydrogens is 234 g/mol. The van der Waals surface area contributed by atoms with Gasteiger partial charge in [-0.3, -0.25) is 30.3 Å². The fourth-order valence-corrected chi connectivity index (χ4v) is 1.60. The van der Waals surface area contributed by atoms with Crippen molar-refractivity contribution in [3.05, 3.63) is 53.9 Å². The maximum atomic E-state index is 10.9. The van der Waals surface area contributed by atoms with Crippen LogP contribution in [0.4, 0.5) is 0 Å². The first-order chi connectivity index (χ1) is 7.82. The predicted molar refractivity (Wildman–Crippen MR) is 54.8 cm³/mol. The van der Waals surface area contributed by atoms with Crippen LogP contribution in [-0.2, 0) is 0 Å². The topological polar surface area (TPSA) is 129 Å². The van der Waals surface area contributed by atoms with Crippen LogP contribution in [0.15, 0.2) is 23.5 Å². The van der Waals surface area contributed by atoms with Gasteiger partial charge in [0.1, 0.15) is 6.42 Å². The van der Waals surface area contributed by atoms with Gasteiger partial charge < -0.3 is 0 Å². The third-order valence-corrected chi connectivity index (χ3v) is 2.64. The summed E-state index contributed by atoms with van der Waals surface area (Å²) in [5.74, 6) is 0. The molecule has 0 amide bonds. The highest BCUT2D eigenvalue weighted by Crippen LogP contribution is 2.32.